The molecule has 0 aliphatic carbocycles. The summed E-state index contributed by atoms with van der Waals surface area (Å²) < 4.78 is 0. The van der Waals surface area contributed by atoms with Crippen molar-refractivity contribution in [2.75, 3.05) is 4.90 Å². The molecule has 0 N–H and O–H groups in total. The molecule has 0 atom stereocenters. The van der Waals surface area contributed by atoms with E-state index in [1.807, 2.05) is 12.1 Å². The van der Waals surface area contributed by atoms with Gasteiger partial charge in [0.15, 0.2) is 8.07 Å². The lowest BCUT2D eigenvalue weighted by molar-refractivity contribution is 1.26. The third-order valence-electron chi connectivity index (χ3n) is 7.01. The predicted octanol–water partition coefficient (Wildman–Crippen LogP) is 4.59. The minimum absolute atomic E-state index is 0.479. The van der Waals surface area contributed by atoms with Gasteiger partial charge < -0.3 is 4.90 Å². The maximum Gasteiger partial charge on any atom is 0.184 e. The highest BCUT2D eigenvalue weighted by Gasteiger charge is 2.49. The molecule has 0 radical (unpaired) electrons. The molecule has 0 saturated heterocycles. The molecule has 0 unspecified atom stereocenters. The summed E-state index contributed by atoms with van der Waals surface area (Å²) in [5.74, 6) is 0. The summed E-state index contributed by atoms with van der Waals surface area (Å²) in [5.41, 5.74) is 3.61. The van der Waals surface area contributed by atoms with Crippen molar-refractivity contribution in [3.63, 3.8) is 0 Å². The van der Waals surface area contributed by atoms with Gasteiger partial charge in [-0.15, -0.1) is 0 Å². The molecular weight excluding hydrogens is 454 g/mol. The predicted molar refractivity (Wildman–Crippen MR) is 148 cm³/mol. The summed E-state index contributed by atoms with van der Waals surface area (Å²) in [6, 6.07) is 48.5. The molecule has 1 aliphatic rings. The molecule has 6 rings (SSSR count). The number of benzene rings is 5. The molecule has 5 aromatic carbocycles. The van der Waals surface area contributed by atoms with Crippen molar-refractivity contribution in [3.05, 3.63) is 139 Å². The highest BCUT2D eigenvalue weighted by Crippen LogP contribution is 2.41. The summed E-state index contributed by atoms with van der Waals surface area (Å²) in [5, 5.41) is 25.2. The van der Waals surface area contributed by atoms with Crippen molar-refractivity contribution in [2.24, 2.45) is 0 Å². The fourth-order valence-corrected chi connectivity index (χ4v) is 10.7. The fourth-order valence-electron chi connectivity index (χ4n) is 5.62. The molecule has 0 saturated carbocycles. The second-order valence-corrected chi connectivity index (χ2v) is 12.5. The first-order valence-corrected chi connectivity index (χ1v) is 13.8. The SMILES string of the molecule is N#Cc1cccc(C#N)c1N1c2ccccc2[Si](c2ccccc2)(c2ccccc2)c2ccccc21. The quantitative estimate of drug-likeness (QED) is 0.352. The van der Waals surface area contributed by atoms with Crippen molar-refractivity contribution in [1.29, 1.82) is 10.5 Å². The Labute approximate surface area is 211 Å². The monoisotopic (exact) mass is 475 g/mol. The smallest absolute Gasteiger partial charge is 0.184 e. The molecule has 0 bridgehead atoms. The van der Waals surface area contributed by atoms with E-state index in [4.69, 9.17) is 0 Å². The summed E-state index contributed by atoms with van der Waals surface area (Å²) in [6.45, 7) is 0. The van der Waals surface area contributed by atoms with Crippen LogP contribution in [0.5, 0.6) is 0 Å². The molecule has 4 heteroatoms. The van der Waals surface area contributed by atoms with E-state index in [1.165, 1.54) is 20.7 Å². The van der Waals surface area contributed by atoms with Crippen LogP contribution < -0.4 is 25.6 Å². The Morgan fingerprint density at radius 1 is 0.472 bits per heavy atom. The van der Waals surface area contributed by atoms with Gasteiger partial charge in [-0.1, -0.05) is 103 Å². The molecule has 3 nitrogen and oxygen atoms in total. The normalized spacial score (nSPS) is 13.1. The average Bonchev–Trinajstić information content (AvgIpc) is 2.96. The fraction of sp³-hybridized carbons (Fsp3) is 0. The van der Waals surface area contributed by atoms with Crippen molar-refractivity contribution < 1.29 is 0 Å². The van der Waals surface area contributed by atoms with Gasteiger partial charge in [-0.2, -0.15) is 10.5 Å². The van der Waals surface area contributed by atoms with E-state index < -0.39 is 8.07 Å². The Morgan fingerprint density at radius 2 is 0.889 bits per heavy atom. The molecule has 0 amide bonds. The maximum atomic E-state index is 10.0. The first-order valence-electron chi connectivity index (χ1n) is 11.8. The van der Waals surface area contributed by atoms with Gasteiger partial charge in [0.1, 0.15) is 12.1 Å². The van der Waals surface area contributed by atoms with Crippen LogP contribution in [0.25, 0.3) is 0 Å². The first-order chi connectivity index (χ1) is 17.8. The van der Waals surface area contributed by atoms with Crippen LogP contribution in [0, 0.1) is 22.7 Å². The first kappa shape index (κ1) is 21.6. The van der Waals surface area contributed by atoms with Crippen molar-refractivity contribution in [1.82, 2.24) is 0 Å². The van der Waals surface area contributed by atoms with Crippen LogP contribution in [-0.4, -0.2) is 8.07 Å². The van der Waals surface area contributed by atoms with Crippen LogP contribution in [0.1, 0.15) is 11.1 Å². The molecule has 36 heavy (non-hydrogen) atoms. The van der Waals surface area contributed by atoms with Gasteiger partial charge >= 0.3 is 0 Å². The van der Waals surface area contributed by atoms with E-state index >= 15 is 0 Å². The molecule has 0 spiro atoms. The Hall–Kier alpha value is -4.90. The molecule has 0 fully saturated rings. The number of rotatable bonds is 3. The molecule has 1 heterocycles. The third kappa shape index (κ3) is 3.03. The van der Waals surface area contributed by atoms with Crippen LogP contribution in [-0.2, 0) is 0 Å². The number of hydrogen-bond donors (Lipinski definition) is 0. The van der Waals surface area contributed by atoms with E-state index in [9.17, 15) is 10.5 Å². The van der Waals surface area contributed by atoms with Gasteiger partial charge in [0.25, 0.3) is 0 Å². The summed E-state index contributed by atoms with van der Waals surface area (Å²) in [6.07, 6.45) is 0. The van der Waals surface area contributed by atoms with Crippen LogP contribution in [0.15, 0.2) is 127 Å². The number of anilines is 3. The number of hydrogen-bond acceptors (Lipinski definition) is 3. The van der Waals surface area contributed by atoms with Gasteiger partial charge in [0.2, 0.25) is 0 Å². The minimum atomic E-state index is -2.71. The van der Waals surface area contributed by atoms with E-state index in [2.05, 4.69) is 114 Å². The van der Waals surface area contributed by atoms with Gasteiger partial charge in [0, 0.05) is 11.4 Å². The summed E-state index contributed by atoms with van der Waals surface area (Å²) in [7, 11) is -2.71. The molecule has 168 valence electrons. The number of nitrogens with zero attached hydrogens (tertiary/aromatic N) is 3. The summed E-state index contributed by atoms with van der Waals surface area (Å²) >= 11 is 0. The zero-order chi connectivity index (χ0) is 24.5. The second kappa shape index (κ2) is 8.71. The summed E-state index contributed by atoms with van der Waals surface area (Å²) in [4.78, 5) is 2.12. The lowest BCUT2D eigenvalue weighted by Gasteiger charge is -2.45. The van der Waals surface area contributed by atoms with Crippen LogP contribution in [0.4, 0.5) is 17.1 Å². The Balaban J connectivity index is 1.80. The maximum absolute atomic E-state index is 10.0. The van der Waals surface area contributed by atoms with E-state index in [0.29, 0.717) is 16.8 Å². The Kier molecular flexibility index (Phi) is 5.23. The molecule has 0 aromatic heterocycles. The van der Waals surface area contributed by atoms with E-state index in [1.54, 1.807) is 18.2 Å². The second-order valence-electron chi connectivity index (χ2n) is 8.78. The van der Waals surface area contributed by atoms with Gasteiger partial charge in [-0.25, -0.2) is 0 Å². The standard InChI is InChI=1S/C32H21N3Si/c33-22-24-12-11-13-25(23-34)32(24)35-28-18-7-9-20-30(28)36(26-14-3-1-4-15-26,27-16-5-2-6-17-27)31-21-10-8-19-29(31)35/h1-21H. The Bertz CT molecular complexity index is 1540. The van der Waals surface area contributed by atoms with Crippen LogP contribution in [0.2, 0.25) is 0 Å². The van der Waals surface area contributed by atoms with Gasteiger partial charge in [-0.05, 0) is 45.0 Å². The van der Waals surface area contributed by atoms with E-state index in [0.717, 1.165) is 11.4 Å². The minimum Gasteiger partial charge on any atom is -0.308 e. The topological polar surface area (TPSA) is 50.8 Å². The number of fused-ring (bicyclic) bond motifs is 2. The van der Waals surface area contributed by atoms with Gasteiger partial charge in [-0.3, -0.25) is 0 Å². The van der Waals surface area contributed by atoms with Crippen molar-refractivity contribution in [2.45, 2.75) is 0 Å². The molecule has 1 aliphatic heterocycles. The Morgan fingerprint density at radius 3 is 1.33 bits per heavy atom. The van der Waals surface area contributed by atoms with Crippen molar-refractivity contribution in [3.8, 4) is 12.1 Å². The molecular formula is C32H21N3Si. The average molecular weight is 476 g/mol. The van der Waals surface area contributed by atoms with Crippen molar-refractivity contribution >= 4 is 45.9 Å². The molecule has 5 aromatic rings. The largest absolute Gasteiger partial charge is 0.308 e. The van der Waals surface area contributed by atoms with Gasteiger partial charge in [0.05, 0.1) is 16.8 Å². The zero-order valence-corrected chi connectivity index (χ0v) is 20.5. The highest BCUT2D eigenvalue weighted by atomic mass is 28.3. The lowest BCUT2D eigenvalue weighted by Crippen LogP contribution is -2.77. The van der Waals surface area contributed by atoms with Crippen LogP contribution in [0.3, 0.4) is 0 Å². The van der Waals surface area contributed by atoms with Crippen LogP contribution >= 0.6 is 0 Å². The van der Waals surface area contributed by atoms with E-state index in [-0.39, 0.29) is 0 Å². The number of nitriles is 2. The number of para-hydroxylation sites is 3. The highest BCUT2D eigenvalue weighted by molar-refractivity contribution is 7.21. The lowest BCUT2D eigenvalue weighted by atomic mass is 10.0. The third-order valence-corrected chi connectivity index (χ3v) is 11.9. The zero-order valence-electron chi connectivity index (χ0n) is 19.5.